The van der Waals surface area contributed by atoms with Crippen molar-refractivity contribution < 1.29 is 17.6 Å². The van der Waals surface area contributed by atoms with Gasteiger partial charge < -0.3 is 5.32 Å². The minimum atomic E-state index is -4.09. The molecule has 0 atom stereocenters. The summed E-state index contributed by atoms with van der Waals surface area (Å²) in [5.41, 5.74) is 1.39. The number of para-hydroxylation sites is 1. The molecule has 0 saturated carbocycles. The average Bonchev–Trinajstić information content (AvgIpc) is 2.59. The number of benzene rings is 2. The van der Waals surface area contributed by atoms with Gasteiger partial charge in [-0.05, 0) is 35.2 Å². The minimum absolute atomic E-state index is 0.0408. The van der Waals surface area contributed by atoms with Gasteiger partial charge in [-0.1, -0.05) is 45.0 Å². The lowest BCUT2D eigenvalue weighted by Crippen LogP contribution is -2.25. The van der Waals surface area contributed by atoms with Crippen LogP contribution in [0.2, 0.25) is 0 Å². The summed E-state index contributed by atoms with van der Waals surface area (Å²) >= 11 is 0. The van der Waals surface area contributed by atoms with Crippen molar-refractivity contribution in [1.82, 2.24) is 4.72 Å². The highest BCUT2D eigenvalue weighted by atomic mass is 32.2. The first-order chi connectivity index (χ1) is 12.6. The third-order valence-electron chi connectivity index (χ3n) is 3.88. The molecule has 0 aliphatic carbocycles. The summed E-state index contributed by atoms with van der Waals surface area (Å²) < 4.78 is 40.6. The molecule has 0 heterocycles. The Kier molecular flexibility index (Phi) is 6.18. The first kappa shape index (κ1) is 20.8. The molecule has 0 radical (unpaired) electrons. The fourth-order valence-corrected chi connectivity index (χ4v) is 3.64. The molecule has 0 fully saturated rings. The first-order valence-corrected chi connectivity index (χ1v) is 9.85. The lowest BCUT2D eigenvalue weighted by Gasteiger charge is -2.23. The van der Waals surface area contributed by atoms with Crippen LogP contribution in [0.5, 0.6) is 0 Å². The Bertz CT molecular complexity index is 963. The second kappa shape index (κ2) is 8.02. The van der Waals surface area contributed by atoms with Gasteiger partial charge in [0.15, 0.2) is 0 Å². The second-order valence-electron chi connectivity index (χ2n) is 7.04. The zero-order valence-corrected chi connectivity index (χ0v) is 16.4. The van der Waals surface area contributed by atoms with Crippen molar-refractivity contribution >= 4 is 21.6 Å². The Labute approximate surface area is 159 Å². The van der Waals surface area contributed by atoms with E-state index >= 15 is 0 Å². The van der Waals surface area contributed by atoms with Crippen LogP contribution in [-0.4, -0.2) is 20.9 Å². The Hall–Kier alpha value is -2.51. The summed E-state index contributed by atoms with van der Waals surface area (Å²) in [6.07, 6.45) is 1.34. The summed E-state index contributed by atoms with van der Waals surface area (Å²) in [4.78, 5) is 12.1. The number of hydrogen-bond acceptors (Lipinski definition) is 3. The monoisotopic (exact) mass is 390 g/mol. The van der Waals surface area contributed by atoms with Crippen molar-refractivity contribution in [1.29, 1.82) is 0 Å². The predicted octanol–water partition coefficient (Wildman–Crippen LogP) is 3.84. The Morgan fingerprint density at radius 3 is 2.48 bits per heavy atom. The minimum Gasteiger partial charge on any atom is -0.322 e. The summed E-state index contributed by atoms with van der Waals surface area (Å²) in [5.74, 6) is -1.45. The molecule has 2 N–H and O–H groups in total. The van der Waals surface area contributed by atoms with Gasteiger partial charge in [-0.3, -0.25) is 4.79 Å². The lowest BCUT2D eigenvalue weighted by atomic mass is 9.86. The number of rotatable bonds is 6. The number of amides is 1. The SMILES string of the molecule is C=CCNS(=O)(=O)c1cc(C(=O)Nc2ccccc2C(C)(C)C)ccc1F. The zero-order valence-electron chi connectivity index (χ0n) is 15.5. The van der Waals surface area contributed by atoms with Gasteiger partial charge in [0.25, 0.3) is 5.91 Å². The van der Waals surface area contributed by atoms with Crippen LogP contribution in [-0.2, 0) is 15.4 Å². The van der Waals surface area contributed by atoms with Gasteiger partial charge in [0, 0.05) is 17.8 Å². The molecule has 0 unspecified atom stereocenters. The Morgan fingerprint density at radius 2 is 1.85 bits per heavy atom. The van der Waals surface area contributed by atoms with Crippen LogP contribution in [0.3, 0.4) is 0 Å². The highest BCUT2D eigenvalue weighted by Crippen LogP contribution is 2.29. The van der Waals surface area contributed by atoms with Crippen molar-refractivity contribution in [2.24, 2.45) is 0 Å². The highest BCUT2D eigenvalue weighted by molar-refractivity contribution is 7.89. The molecule has 7 heteroatoms. The number of halogens is 1. The van der Waals surface area contributed by atoms with E-state index in [0.717, 1.165) is 17.7 Å². The largest absolute Gasteiger partial charge is 0.322 e. The van der Waals surface area contributed by atoms with Crippen LogP contribution in [0.15, 0.2) is 60.0 Å². The third kappa shape index (κ3) is 5.02. The van der Waals surface area contributed by atoms with Crippen LogP contribution < -0.4 is 10.0 Å². The maximum Gasteiger partial charge on any atom is 0.255 e. The maximum absolute atomic E-state index is 14.0. The molecule has 2 rings (SSSR count). The van der Waals surface area contributed by atoms with Crippen LogP contribution in [0.4, 0.5) is 10.1 Å². The number of anilines is 1. The van der Waals surface area contributed by atoms with Gasteiger partial charge in [-0.25, -0.2) is 17.5 Å². The molecular formula is C20H23FN2O3S. The summed E-state index contributed by atoms with van der Waals surface area (Å²) in [5, 5.41) is 2.78. The normalized spacial score (nSPS) is 11.9. The van der Waals surface area contributed by atoms with E-state index in [4.69, 9.17) is 0 Å². The predicted molar refractivity (Wildman–Crippen MR) is 105 cm³/mol. The van der Waals surface area contributed by atoms with Crippen LogP contribution in [0.25, 0.3) is 0 Å². The van der Waals surface area contributed by atoms with E-state index in [1.54, 1.807) is 12.1 Å². The number of sulfonamides is 1. The summed E-state index contributed by atoms with van der Waals surface area (Å²) in [7, 11) is -4.09. The first-order valence-electron chi connectivity index (χ1n) is 8.37. The molecule has 2 aromatic carbocycles. The van der Waals surface area contributed by atoms with Gasteiger partial charge in [-0.2, -0.15) is 0 Å². The molecule has 5 nitrogen and oxygen atoms in total. The lowest BCUT2D eigenvalue weighted by molar-refractivity contribution is 0.102. The number of nitrogens with one attached hydrogen (secondary N) is 2. The Balaban J connectivity index is 2.37. The van der Waals surface area contributed by atoms with Gasteiger partial charge in [0.05, 0.1) is 0 Å². The summed E-state index contributed by atoms with van der Waals surface area (Å²) in [6, 6.07) is 10.6. The molecule has 27 heavy (non-hydrogen) atoms. The number of carbonyl (C=O) groups is 1. The van der Waals surface area contributed by atoms with Crippen LogP contribution >= 0.6 is 0 Å². The fourth-order valence-electron chi connectivity index (χ4n) is 2.54. The van der Waals surface area contributed by atoms with E-state index in [1.165, 1.54) is 12.1 Å². The molecule has 0 aliphatic rings. The standard InChI is InChI=1S/C20H23FN2O3S/c1-5-12-22-27(25,26)18-13-14(10-11-16(18)21)19(24)23-17-9-7-6-8-15(17)20(2,3)4/h5-11,13,22H,1,12H2,2-4H3,(H,23,24). The van der Waals surface area contributed by atoms with Gasteiger partial charge in [-0.15, -0.1) is 6.58 Å². The van der Waals surface area contributed by atoms with Crippen molar-refractivity contribution in [3.63, 3.8) is 0 Å². The van der Waals surface area contributed by atoms with Gasteiger partial charge in [0.1, 0.15) is 10.7 Å². The van der Waals surface area contributed by atoms with E-state index < -0.39 is 26.6 Å². The third-order valence-corrected chi connectivity index (χ3v) is 5.32. The van der Waals surface area contributed by atoms with E-state index in [1.807, 2.05) is 32.9 Å². The fraction of sp³-hybridized carbons (Fsp3) is 0.250. The smallest absolute Gasteiger partial charge is 0.255 e. The molecule has 2 aromatic rings. The summed E-state index contributed by atoms with van der Waals surface area (Å²) in [6.45, 7) is 9.43. The number of carbonyl (C=O) groups excluding carboxylic acids is 1. The van der Waals surface area contributed by atoms with E-state index in [9.17, 15) is 17.6 Å². The van der Waals surface area contributed by atoms with E-state index in [-0.39, 0.29) is 17.5 Å². The van der Waals surface area contributed by atoms with E-state index in [0.29, 0.717) is 5.69 Å². The van der Waals surface area contributed by atoms with Crippen molar-refractivity contribution in [3.8, 4) is 0 Å². The molecule has 1 amide bonds. The van der Waals surface area contributed by atoms with Crippen molar-refractivity contribution in [2.45, 2.75) is 31.1 Å². The molecular weight excluding hydrogens is 367 g/mol. The second-order valence-corrected chi connectivity index (χ2v) is 8.77. The Morgan fingerprint density at radius 1 is 1.19 bits per heavy atom. The van der Waals surface area contributed by atoms with Crippen LogP contribution in [0.1, 0.15) is 36.7 Å². The highest BCUT2D eigenvalue weighted by Gasteiger charge is 2.22. The molecule has 0 spiro atoms. The molecule has 0 saturated heterocycles. The van der Waals surface area contributed by atoms with Gasteiger partial charge in [0.2, 0.25) is 10.0 Å². The van der Waals surface area contributed by atoms with Crippen LogP contribution in [0, 0.1) is 5.82 Å². The number of hydrogen-bond donors (Lipinski definition) is 2. The average molecular weight is 390 g/mol. The molecule has 0 aromatic heterocycles. The molecule has 144 valence electrons. The quantitative estimate of drug-likeness (QED) is 0.736. The van der Waals surface area contributed by atoms with E-state index in [2.05, 4.69) is 16.6 Å². The van der Waals surface area contributed by atoms with Crippen molar-refractivity contribution in [3.05, 3.63) is 72.1 Å². The molecule has 0 bridgehead atoms. The molecule has 0 aliphatic heterocycles. The topological polar surface area (TPSA) is 75.3 Å². The van der Waals surface area contributed by atoms with Crippen molar-refractivity contribution in [2.75, 3.05) is 11.9 Å². The maximum atomic E-state index is 14.0. The van der Waals surface area contributed by atoms with Gasteiger partial charge >= 0.3 is 0 Å². The zero-order chi connectivity index (χ0) is 20.2.